The first kappa shape index (κ1) is 15.4. The topological polar surface area (TPSA) is 20.2 Å². The molecule has 1 nitrogen and oxygen atoms in total. The number of thioether (sulfide) groups is 1. The van der Waals surface area contributed by atoms with E-state index in [4.69, 9.17) is 0 Å². The van der Waals surface area contributed by atoms with Crippen molar-refractivity contribution in [1.82, 2.24) is 0 Å². The number of unbranched alkanes of at least 4 members (excludes halogenated alkanes) is 1. The molecule has 0 aromatic carbocycles. The lowest BCUT2D eigenvalue weighted by Crippen LogP contribution is -2.06. The third kappa shape index (κ3) is 4.24. The van der Waals surface area contributed by atoms with Crippen molar-refractivity contribution in [1.29, 1.82) is 0 Å². The number of hydrogen-bond acceptors (Lipinski definition) is 3. The number of aryl methyl sites for hydroxylation is 1. The molecule has 3 heteroatoms. The molecule has 0 saturated heterocycles. The van der Waals surface area contributed by atoms with E-state index < -0.39 is 0 Å². The molecule has 0 radical (unpaired) electrons. The lowest BCUT2D eigenvalue weighted by atomic mass is 9.92. The molecule has 2 unspecified atom stereocenters. The van der Waals surface area contributed by atoms with E-state index in [9.17, 15) is 5.11 Å². The Morgan fingerprint density at radius 1 is 1.37 bits per heavy atom. The summed E-state index contributed by atoms with van der Waals surface area (Å²) in [7, 11) is 0. The van der Waals surface area contributed by atoms with Gasteiger partial charge in [-0.3, -0.25) is 0 Å². The van der Waals surface area contributed by atoms with Crippen LogP contribution < -0.4 is 0 Å². The molecule has 0 fully saturated rings. The lowest BCUT2D eigenvalue weighted by Gasteiger charge is -2.17. The highest BCUT2D eigenvalue weighted by Crippen LogP contribution is 2.37. The Morgan fingerprint density at radius 3 is 2.89 bits per heavy atom. The highest BCUT2D eigenvalue weighted by Gasteiger charge is 2.20. The van der Waals surface area contributed by atoms with Crippen LogP contribution in [0.3, 0.4) is 0 Å². The van der Waals surface area contributed by atoms with Gasteiger partial charge in [0.25, 0.3) is 0 Å². The van der Waals surface area contributed by atoms with Gasteiger partial charge in [0.1, 0.15) is 0 Å². The molecule has 2 atom stereocenters. The van der Waals surface area contributed by atoms with Gasteiger partial charge in [0, 0.05) is 15.5 Å². The monoisotopic (exact) mass is 298 g/mol. The quantitative estimate of drug-likeness (QED) is 0.748. The Hall–Kier alpha value is 0.01000. The Kier molecular flexibility index (Phi) is 6.24. The molecular weight excluding hydrogens is 272 g/mol. The zero-order valence-electron chi connectivity index (χ0n) is 12.2. The summed E-state index contributed by atoms with van der Waals surface area (Å²) >= 11 is 3.87. The average Bonchev–Trinajstić information content (AvgIpc) is 2.87. The SMILES string of the molecule is CCCCC(CC)CC(O)c1cc2c(s1)CCSC2. The maximum Gasteiger partial charge on any atom is 0.0884 e. The molecule has 2 rings (SSSR count). The first-order valence-corrected chi connectivity index (χ1v) is 9.59. The van der Waals surface area contributed by atoms with Gasteiger partial charge >= 0.3 is 0 Å². The Labute approximate surface area is 125 Å². The van der Waals surface area contributed by atoms with Gasteiger partial charge in [-0.15, -0.1) is 11.3 Å². The maximum absolute atomic E-state index is 10.5. The predicted molar refractivity (Wildman–Crippen MR) is 87.1 cm³/mol. The summed E-state index contributed by atoms with van der Waals surface area (Å²) in [6, 6.07) is 2.27. The standard InChI is InChI=1S/C16H26OS2/c1-3-5-6-12(4-2)9-14(17)16-10-13-11-18-8-7-15(13)19-16/h10,12,14,17H,3-9,11H2,1-2H3. The Balaban J connectivity index is 1.94. The fourth-order valence-corrected chi connectivity index (χ4v) is 5.12. The molecule has 0 aliphatic carbocycles. The van der Waals surface area contributed by atoms with Gasteiger partial charge < -0.3 is 5.11 Å². The van der Waals surface area contributed by atoms with Gasteiger partial charge in [-0.1, -0.05) is 39.5 Å². The van der Waals surface area contributed by atoms with Crippen LogP contribution in [-0.4, -0.2) is 10.9 Å². The van der Waals surface area contributed by atoms with Crippen LogP contribution >= 0.6 is 23.1 Å². The van der Waals surface area contributed by atoms with Gasteiger partial charge in [-0.25, -0.2) is 0 Å². The van der Waals surface area contributed by atoms with Crippen LogP contribution in [0, 0.1) is 5.92 Å². The van der Waals surface area contributed by atoms with Gasteiger partial charge in [-0.05, 0) is 36.1 Å². The van der Waals surface area contributed by atoms with Gasteiger partial charge in [-0.2, -0.15) is 11.8 Å². The van der Waals surface area contributed by atoms with Crippen molar-refractivity contribution in [2.75, 3.05) is 5.75 Å². The minimum absolute atomic E-state index is 0.234. The first-order valence-electron chi connectivity index (χ1n) is 7.61. The van der Waals surface area contributed by atoms with Gasteiger partial charge in [0.15, 0.2) is 0 Å². The predicted octanol–water partition coefficient (Wildman–Crippen LogP) is 5.18. The van der Waals surface area contributed by atoms with Gasteiger partial charge in [0.2, 0.25) is 0 Å². The number of rotatable bonds is 7. The summed E-state index contributed by atoms with van der Waals surface area (Å²) in [5.41, 5.74) is 1.48. The Bertz CT molecular complexity index is 363. The first-order chi connectivity index (χ1) is 9.24. The van der Waals surface area contributed by atoms with E-state index in [0.717, 1.165) is 12.2 Å². The van der Waals surface area contributed by atoms with Crippen LogP contribution in [0.2, 0.25) is 0 Å². The maximum atomic E-state index is 10.5. The van der Waals surface area contributed by atoms with Crippen molar-refractivity contribution in [3.05, 3.63) is 21.4 Å². The van der Waals surface area contributed by atoms with E-state index in [1.54, 1.807) is 0 Å². The van der Waals surface area contributed by atoms with E-state index in [1.807, 2.05) is 23.1 Å². The van der Waals surface area contributed by atoms with E-state index in [0.29, 0.717) is 5.92 Å². The van der Waals surface area contributed by atoms with Crippen LogP contribution in [0.25, 0.3) is 0 Å². The van der Waals surface area contributed by atoms with Crippen molar-refractivity contribution in [3.63, 3.8) is 0 Å². The second kappa shape index (κ2) is 7.70. The van der Waals surface area contributed by atoms with Crippen molar-refractivity contribution >= 4 is 23.1 Å². The highest BCUT2D eigenvalue weighted by atomic mass is 32.2. The summed E-state index contributed by atoms with van der Waals surface area (Å²) in [5.74, 6) is 3.08. The highest BCUT2D eigenvalue weighted by molar-refractivity contribution is 7.98. The molecule has 2 heterocycles. The molecule has 108 valence electrons. The number of fused-ring (bicyclic) bond motifs is 1. The number of hydrogen-bond donors (Lipinski definition) is 1. The molecule has 0 spiro atoms. The van der Waals surface area contributed by atoms with Crippen LogP contribution in [0.5, 0.6) is 0 Å². The van der Waals surface area contributed by atoms with E-state index in [2.05, 4.69) is 19.9 Å². The smallest absolute Gasteiger partial charge is 0.0884 e. The summed E-state index contributed by atoms with van der Waals surface area (Å²) in [5, 5.41) is 10.5. The minimum atomic E-state index is -0.234. The molecule has 19 heavy (non-hydrogen) atoms. The lowest BCUT2D eigenvalue weighted by molar-refractivity contribution is 0.142. The second-order valence-electron chi connectivity index (χ2n) is 5.57. The molecule has 0 saturated carbocycles. The molecule has 1 N–H and O–H groups in total. The molecule has 1 aliphatic rings. The van der Waals surface area contributed by atoms with Crippen LogP contribution in [0.1, 0.15) is 67.4 Å². The van der Waals surface area contributed by atoms with Crippen molar-refractivity contribution in [2.45, 2.75) is 64.2 Å². The van der Waals surface area contributed by atoms with Crippen molar-refractivity contribution < 1.29 is 5.11 Å². The van der Waals surface area contributed by atoms with Crippen LogP contribution in [0.4, 0.5) is 0 Å². The third-order valence-corrected chi connectivity index (χ3v) is 6.42. The average molecular weight is 299 g/mol. The third-order valence-electron chi connectivity index (χ3n) is 4.08. The zero-order chi connectivity index (χ0) is 13.7. The number of thiophene rings is 1. The summed E-state index contributed by atoms with van der Waals surface area (Å²) < 4.78 is 0. The number of aliphatic hydroxyl groups is 1. The molecule has 1 aromatic heterocycles. The summed E-state index contributed by atoms with van der Waals surface area (Å²) in [6.45, 7) is 4.50. The second-order valence-corrected chi connectivity index (χ2v) is 7.84. The molecular formula is C16H26OS2. The van der Waals surface area contributed by atoms with Crippen molar-refractivity contribution in [2.24, 2.45) is 5.92 Å². The molecule has 1 aliphatic heterocycles. The van der Waals surface area contributed by atoms with Gasteiger partial charge in [0.05, 0.1) is 6.10 Å². The molecule has 1 aromatic rings. The van der Waals surface area contributed by atoms with E-state index in [1.165, 1.54) is 53.2 Å². The van der Waals surface area contributed by atoms with Crippen LogP contribution in [-0.2, 0) is 12.2 Å². The minimum Gasteiger partial charge on any atom is -0.388 e. The number of aliphatic hydroxyl groups excluding tert-OH is 1. The summed E-state index contributed by atoms with van der Waals surface area (Å²) in [4.78, 5) is 2.73. The largest absolute Gasteiger partial charge is 0.388 e. The normalized spacial score (nSPS) is 18.1. The molecule has 0 amide bonds. The zero-order valence-corrected chi connectivity index (χ0v) is 13.8. The summed E-state index contributed by atoms with van der Waals surface area (Å²) in [6.07, 6.45) is 6.93. The van der Waals surface area contributed by atoms with E-state index in [-0.39, 0.29) is 6.10 Å². The fourth-order valence-electron chi connectivity index (χ4n) is 2.75. The van der Waals surface area contributed by atoms with Crippen LogP contribution in [0.15, 0.2) is 6.07 Å². The van der Waals surface area contributed by atoms with Crippen molar-refractivity contribution in [3.8, 4) is 0 Å². The molecule has 0 bridgehead atoms. The van der Waals surface area contributed by atoms with E-state index >= 15 is 0 Å². The Morgan fingerprint density at radius 2 is 2.21 bits per heavy atom. The fraction of sp³-hybridized carbons (Fsp3) is 0.750.